The number of rotatable bonds is 4. The summed E-state index contributed by atoms with van der Waals surface area (Å²) in [6.45, 7) is 1.75. The van der Waals surface area contributed by atoms with Crippen LogP contribution in [0.3, 0.4) is 0 Å². The van der Waals surface area contributed by atoms with Crippen molar-refractivity contribution in [2.24, 2.45) is 7.05 Å². The van der Waals surface area contributed by atoms with Crippen molar-refractivity contribution in [1.82, 2.24) is 14.5 Å². The van der Waals surface area contributed by atoms with Crippen LogP contribution in [0.5, 0.6) is 0 Å². The molecular formula is C14H15F3N4O2. The number of alkyl halides is 3. The minimum absolute atomic E-state index is 0.111. The molecule has 2 aromatic heterocycles. The summed E-state index contributed by atoms with van der Waals surface area (Å²) < 4.78 is 41.0. The van der Waals surface area contributed by atoms with Crippen LogP contribution in [-0.4, -0.2) is 31.7 Å². The van der Waals surface area contributed by atoms with Crippen LogP contribution in [0.4, 0.5) is 19.0 Å². The number of halogens is 3. The highest BCUT2D eigenvalue weighted by Gasteiger charge is 2.58. The van der Waals surface area contributed by atoms with E-state index in [4.69, 9.17) is 0 Å². The molecule has 2 rings (SSSR count). The molecule has 6 nitrogen and oxygen atoms in total. The lowest BCUT2D eigenvalue weighted by molar-refractivity contribution is -0.270. The first-order chi connectivity index (χ1) is 10.6. The van der Waals surface area contributed by atoms with Crippen LogP contribution in [-0.2, 0) is 17.4 Å². The van der Waals surface area contributed by atoms with Crippen LogP contribution in [0.1, 0.15) is 17.8 Å². The molecule has 9 heteroatoms. The molecule has 0 aliphatic heterocycles. The molecule has 23 heavy (non-hydrogen) atoms. The molecule has 0 aliphatic rings. The summed E-state index contributed by atoms with van der Waals surface area (Å²) >= 11 is 0. The maximum absolute atomic E-state index is 13.3. The summed E-state index contributed by atoms with van der Waals surface area (Å²) in [6, 6.07) is 3.18. The number of aromatic nitrogens is 3. The van der Waals surface area contributed by atoms with E-state index in [9.17, 15) is 23.1 Å². The maximum atomic E-state index is 13.3. The molecule has 2 N–H and O–H groups in total. The van der Waals surface area contributed by atoms with Gasteiger partial charge in [-0.15, -0.1) is 0 Å². The normalized spacial score (nSPS) is 14.3. The average Bonchev–Trinajstić information content (AvgIpc) is 2.83. The molecule has 0 unspecified atom stereocenters. The zero-order valence-corrected chi connectivity index (χ0v) is 12.4. The van der Waals surface area contributed by atoms with Crippen LogP contribution >= 0.6 is 0 Å². The third kappa shape index (κ3) is 3.50. The fraction of sp³-hybridized carbons (Fsp3) is 0.357. The number of nitrogens with one attached hydrogen (secondary N) is 1. The predicted molar refractivity (Wildman–Crippen MR) is 75.4 cm³/mol. The van der Waals surface area contributed by atoms with Crippen LogP contribution in [0, 0.1) is 6.92 Å². The van der Waals surface area contributed by atoms with E-state index in [0.29, 0.717) is 0 Å². The molecule has 0 fully saturated rings. The molecule has 1 amide bonds. The third-order valence-electron chi connectivity index (χ3n) is 3.26. The first-order valence-corrected chi connectivity index (χ1v) is 6.63. The first-order valence-electron chi connectivity index (χ1n) is 6.63. The number of pyridine rings is 1. The van der Waals surface area contributed by atoms with Crippen LogP contribution in [0.2, 0.25) is 0 Å². The molecule has 0 saturated carbocycles. The smallest absolute Gasteiger partial charge is 0.374 e. The maximum Gasteiger partial charge on any atom is 0.425 e. The van der Waals surface area contributed by atoms with Gasteiger partial charge in [0.2, 0.25) is 11.5 Å². The fourth-order valence-electron chi connectivity index (χ4n) is 2.09. The summed E-state index contributed by atoms with van der Waals surface area (Å²) in [7, 11) is 1.30. The van der Waals surface area contributed by atoms with Crippen LogP contribution in [0.15, 0.2) is 30.7 Å². The lowest BCUT2D eigenvalue weighted by Gasteiger charge is -2.29. The van der Waals surface area contributed by atoms with Crippen molar-refractivity contribution in [3.05, 3.63) is 42.1 Å². The Bertz CT molecular complexity index is 714. The highest BCUT2D eigenvalue weighted by atomic mass is 19.4. The lowest BCUT2D eigenvalue weighted by atomic mass is 9.97. The molecule has 0 spiro atoms. The van der Waals surface area contributed by atoms with Gasteiger partial charge in [-0.1, -0.05) is 0 Å². The van der Waals surface area contributed by atoms with Gasteiger partial charge in [0.25, 0.3) is 0 Å². The first kappa shape index (κ1) is 16.9. The number of hydrogen-bond acceptors (Lipinski definition) is 4. The van der Waals surface area contributed by atoms with E-state index in [1.807, 2.05) is 0 Å². The van der Waals surface area contributed by atoms with Crippen molar-refractivity contribution in [3.8, 4) is 0 Å². The van der Waals surface area contributed by atoms with Gasteiger partial charge in [-0.3, -0.25) is 4.79 Å². The molecule has 2 aromatic rings. The van der Waals surface area contributed by atoms with E-state index in [2.05, 4.69) is 15.3 Å². The number of carbonyl (C=O) groups is 1. The molecule has 0 saturated heterocycles. The summed E-state index contributed by atoms with van der Waals surface area (Å²) in [5.74, 6) is -1.57. The number of hydrogen-bond donors (Lipinski definition) is 2. The van der Waals surface area contributed by atoms with E-state index in [0.717, 1.165) is 16.3 Å². The topological polar surface area (TPSA) is 80.0 Å². The Morgan fingerprint density at radius 1 is 1.35 bits per heavy atom. The Balaban J connectivity index is 2.25. The monoisotopic (exact) mass is 328 g/mol. The molecule has 1 atom stereocenters. The van der Waals surface area contributed by atoms with Crippen molar-refractivity contribution < 1.29 is 23.1 Å². The second-order valence-electron chi connectivity index (χ2n) is 5.16. The largest absolute Gasteiger partial charge is 0.425 e. The quantitative estimate of drug-likeness (QED) is 0.898. The van der Waals surface area contributed by atoms with E-state index in [1.54, 1.807) is 13.0 Å². The van der Waals surface area contributed by atoms with Crippen molar-refractivity contribution in [1.29, 1.82) is 0 Å². The summed E-state index contributed by atoms with van der Waals surface area (Å²) in [5, 5.41) is 12.3. The van der Waals surface area contributed by atoms with Gasteiger partial charge in [0.15, 0.2) is 5.82 Å². The summed E-state index contributed by atoms with van der Waals surface area (Å²) in [5.41, 5.74) is -2.61. The standard InChI is InChI=1S/C14H15F3N4O2/c1-9-3-4-18-10(7-9)20-11(22)8-13(23,14(15,16)17)12-19-5-6-21(12)2/h3-7,23H,8H2,1-2H3,(H,18,20,22)/t13-/m1/s1. The van der Waals surface area contributed by atoms with Gasteiger partial charge in [0.1, 0.15) is 5.82 Å². The molecular weight excluding hydrogens is 313 g/mol. The Morgan fingerprint density at radius 3 is 2.57 bits per heavy atom. The fourth-order valence-corrected chi connectivity index (χ4v) is 2.09. The number of aliphatic hydroxyl groups is 1. The zero-order chi connectivity index (χ0) is 17.3. The molecule has 0 radical (unpaired) electrons. The number of imidazole rings is 1. The van der Waals surface area contributed by atoms with E-state index >= 15 is 0 Å². The minimum atomic E-state index is -5.07. The average molecular weight is 328 g/mol. The van der Waals surface area contributed by atoms with Crippen LogP contribution < -0.4 is 5.32 Å². The van der Waals surface area contributed by atoms with Crippen molar-refractivity contribution in [2.75, 3.05) is 5.32 Å². The number of nitrogens with zero attached hydrogens (tertiary/aromatic N) is 3. The van der Waals surface area contributed by atoms with Crippen molar-refractivity contribution in [2.45, 2.75) is 25.1 Å². The van der Waals surface area contributed by atoms with Gasteiger partial charge >= 0.3 is 6.18 Å². The van der Waals surface area contributed by atoms with Gasteiger partial charge in [-0.25, -0.2) is 9.97 Å². The van der Waals surface area contributed by atoms with Crippen LogP contribution in [0.25, 0.3) is 0 Å². The van der Waals surface area contributed by atoms with Gasteiger partial charge in [0, 0.05) is 25.6 Å². The predicted octanol–water partition coefficient (Wildman–Crippen LogP) is 1.90. The number of carbonyl (C=O) groups excluding carboxylic acids is 1. The zero-order valence-electron chi connectivity index (χ0n) is 12.4. The SMILES string of the molecule is Cc1ccnc(NC(=O)C[C@@](O)(c2nccn2C)C(F)(F)F)c1. The van der Waals surface area contributed by atoms with E-state index in [1.165, 1.54) is 25.5 Å². The van der Waals surface area contributed by atoms with Crippen molar-refractivity contribution in [3.63, 3.8) is 0 Å². The highest BCUT2D eigenvalue weighted by Crippen LogP contribution is 2.40. The Kier molecular flexibility index (Phi) is 4.42. The summed E-state index contributed by atoms with van der Waals surface area (Å²) in [6.07, 6.45) is -2.50. The van der Waals surface area contributed by atoms with Gasteiger partial charge in [-0.2, -0.15) is 13.2 Å². The summed E-state index contributed by atoms with van der Waals surface area (Å²) in [4.78, 5) is 19.3. The van der Waals surface area contributed by atoms with Gasteiger partial charge < -0.3 is 15.0 Å². The lowest BCUT2D eigenvalue weighted by Crippen LogP contribution is -2.46. The second kappa shape index (κ2) is 5.99. The number of amides is 1. The molecule has 124 valence electrons. The highest BCUT2D eigenvalue weighted by molar-refractivity contribution is 5.90. The second-order valence-corrected chi connectivity index (χ2v) is 5.16. The van der Waals surface area contributed by atoms with E-state index < -0.39 is 29.9 Å². The van der Waals surface area contributed by atoms with E-state index in [-0.39, 0.29) is 5.82 Å². The molecule has 0 bridgehead atoms. The Labute approximate surface area is 130 Å². The molecule has 2 heterocycles. The number of aryl methyl sites for hydroxylation is 2. The van der Waals surface area contributed by atoms with Crippen molar-refractivity contribution >= 4 is 11.7 Å². The van der Waals surface area contributed by atoms with Gasteiger partial charge in [-0.05, 0) is 24.6 Å². The number of anilines is 1. The minimum Gasteiger partial charge on any atom is -0.374 e. The Hall–Kier alpha value is -2.42. The molecule has 0 aliphatic carbocycles. The van der Waals surface area contributed by atoms with Gasteiger partial charge in [0.05, 0.1) is 6.42 Å². The molecule has 0 aromatic carbocycles. The third-order valence-corrected chi connectivity index (χ3v) is 3.26. The Morgan fingerprint density at radius 2 is 2.04 bits per heavy atom.